The van der Waals surface area contributed by atoms with Crippen molar-refractivity contribution in [1.82, 2.24) is 59.5 Å². The van der Waals surface area contributed by atoms with E-state index in [2.05, 4.69) is 36.5 Å². The van der Waals surface area contributed by atoms with Crippen molar-refractivity contribution >= 4 is 70.1 Å². The van der Waals surface area contributed by atoms with Gasteiger partial charge in [0.2, 0.25) is 20.0 Å². The molecule has 2 aliphatic rings. The van der Waals surface area contributed by atoms with Crippen LogP contribution in [0.4, 0.5) is 5.95 Å². The smallest absolute Gasteiger partial charge is 0.394 e. The maximum atomic E-state index is 10.7. The average Bonchev–Trinajstić information content (AvgIpc) is 3.93. The van der Waals surface area contributed by atoms with Gasteiger partial charge in [0.25, 0.3) is 0 Å². The average molecular weight is 1010 g/mol. The number of benzene rings is 4. The molecule has 0 fully saturated rings. The van der Waals surface area contributed by atoms with Crippen LogP contribution in [-0.4, -0.2) is 80.9 Å². The van der Waals surface area contributed by atoms with Gasteiger partial charge in [-0.25, -0.2) is 31.9 Å². The predicted molar refractivity (Wildman–Crippen MR) is 236 cm³/mol. The van der Waals surface area contributed by atoms with Gasteiger partial charge in [0, 0.05) is 89.7 Å². The molecule has 0 amide bonds. The van der Waals surface area contributed by atoms with Crippen molar-refractivity contribution < 1.29 is 66.6 Å². The van der Waals surface area contributed by atoms with Crippen LogP contribution in [0.2, 0.25) is 0 Å². The molecule has 0 saturated heterocycles. The first-order chi connectivity index (χ1) is 28.3. The van der Waals surface area contributed by atoms with Crippen molar-refractivity contribution in [1.29, 1.82) is 0 Å². The first kappa shape index (κ1) is 50.1. The number of hydrogen-bond donors (Lipinski definition) is 3. The van der Waals surface area contributed by atoms with E-state index in [0.29, 0.717) is 51.7 Å². The number of nitrogens with zero attached hydrogens (tertiary/aromatic N) is 11. The molecule has 18 nitrogen and oxygen atoms in total. The second kappa shape index (κ2) is 20.8. The number of sulfonamides is 2. The molecule has 0 unspecified atom stereocenters. The largest absolute Gasteiger partial charge is 2.00 e. The van der Waals surface area contributed by atoms with Crippen LogP contribution >= 0.6 is 0 Å². The summed E-state index contributed by atoms with van der Waals surface area (Å²) in [5.74, 6) is 3.01. The zero-order valence-corrected chi connectivity index (χ0v) is 37.7. The van der Waals surface area contributed by atoms with E-state index in [1.807, 2.05) is 97.1 Å². The summed E-state index contributed by atoms with van der Waals surface area (Å²) >= 11 is 0. The molecule has 10 rings (SSSR count). The molecule has 2 aliphatic heterocycles. The summed E-state index contributed by atoms with van der Waals surface area (Å²) in [6, 6.07) is 31.8. The molecule has 6 heterocycles. The fourth-order valence-electron chi connectivity index (χ4n) is 6.13. The first-order valence-electron chi connectivity index (χ1n) is 17.6. The van der Waals surface area contributed by atoms with Gasteiger partial charge in [-0.2, -0.15) is 4.72 Å². The van der Waals surface area contributed by atoms with Gasteiger partial charge < -0.3 is 50.2 Å². The molecule has 4 N–H and O–H groups in total. The molecule has 324 valence electrons. The molecular formula is C41H39CuN14O4S2Y-. The van der Waals surface area contributed by atoms with Crippen LogP contribution in [0.1, 0.15) is 20.7 Å². The minimum Gasteiger partial charge on any atom is -0.394 e. The van der Waals surface area contributed by atoms with Crippen LogP contribution in [0, 0.1) is 13.3 Å². The quantitative estimate of drug-likeness (QED) is 0.116. The van der Waals surface area contributed by atoms with Crippen molar-refractivity contribution in [2.75, 3.05) is 24.5 Å². The number of rotatable bonds is 4. The molecule has 63 heavy (non-hydrogen) atoms. The molecule has 2 radical (unpaired) electrons. The van der Waals surface area contributed by atoms with Crippen LogP contribution in [0.3, 0.4) is 0 Å². The van der Waals surface area contributed by atoms with Gasteiger partial charge in [-0.05, 0) is 21.5 Å². The third kappa shape index (κ3) is 11.7. The van der Waals surface area contributed by atoms with E-state index in [0.717, 1.165) is 56.3 Å². The number of hydrogen-bond acceptors (Lipinski definition) is 14. The van der Waals surface area contributed by atoms with Gasteiger partial charge in [-0.3, -0.25) is 0 Å². The molecule has 22 heteroatoms. The van der Waals surface area contributed by atoms with Gasteiger partial charge in [0.15, 0.2) is 0 Å². The van der Waals surface area contributed by atoms with Gasteiger partial charge in [-0.15, -0.1) is 0 Å². The Hall–Kier alpha value is -5.51. The monoisotopic (exact) mass is 1010 g/mol. The number of nitrogens with two attached hydrogens (primary N) is 1. The number of fused-ring (bicyclic) bond motifs is 20. The second-order valence-electron chi connectivity index (χ2n) is 13.1. The van der Waals surface area contributed by atoms with Crippen molar-refractivity contribution in [3.8, 4) is 45.6 Å². The van der Waals surface area contributed by atoms with E-state index >= 15 is 0 Å². The Labute approximate surface area is 399 Å². The number of aromatic nitrogens is 11. The van der Waals surface area contributed by atoms with E-state index in [9.17, 15) is 16.8 Å². The Balaban J connectivity index is 0.000000322. The number of primary sulfonamides is 1. The van der Waals surface area contributed by atoms with Crippen LogP contribution in [0.25, 0.3) is 89.7 Å². The van der Waals surface area contributed by atoms with Crippen molar-refractivity contribution in [3.05, 3.63) is 109 Å². The van der Waals surface area contributed by atoms with Crippen LogP contribution < -0.4 is 25.1 Å². The maximum absolute atomic E-state index is 10.7. The zero-order chi connectivity index (χ0) is 41.3. The minimum atomic E-state index is -3.20. The standard InChI is InChI=1S/C32H16N8.C6H10N5O2S.CH5NO2S.2CH4.Cu.Y/c1-2-10-18-17(9-1)25-33-26(18)38-28-21-13-5-6-14-22(21)30(35-28)40-32-24-16-8-7-15-23(24)31(36-32)39-29-20-12-4-3-11-19(20)27(34-29)37-25;1-5-7-3-8-6(11-5)9-4-10-14(2,12)13;1-5(2,3)4;;;;/h1-16H;10H,4H2,1-2H3,(H,7,8,9,11);1H3,(H2,2,3,4);2*1H4;;/q-2;-1;;;;+2;. The van der Waals surface area contributed by atoms with Gasteiger partial charge in [0.1, 0.15) is 5.95 Å². The van der Waals surface area contributed by atoms with E-state index in [4.69, 9.17) is 39.9 Å². The van der Waals surface area contributed by atoms with E-state index in [1.54, 1.807) is 6.92 Å². The van der Waals surface area contributed by atoms with Crippen LogP contribution in [0.15, 0.2) is 97.1 Å². The summed E-state index contributed by atoms with van der Waals surface area (Å²) in [5, 5.41) is 10.6. The van der Waals surface area contributed by atoms with Gasteiger partial charge in [0.05, 0.1) is 42.5 Å². The number of nitrogens with one attached hydrogen (secondary N) is 2. The summed E-state index contributed by atoms with van der Waals surface area (Å²) in [6.07, 6.45) is 4.38. The van der Waals surface area contributed by atoms with Gasteiger partial charge >= 0.3 is 17.1 Å². The molecule has 0 saturated carbocycles. The second-order valence-corrected chi connectivity index (χ2v) is 16.6. The Morgan fingerprint density at radius 3 is 1.17 bits per heavy atom. The van der Waals surface area contributed by atoms with Crippen molar-refractivity contribution in [2.45, 2.75) is 21.8 Å². The Bertz CT molecular complexity index is 3010. The van der Waals surface area contributed by atoms with Gasteiger partial charge in [-0.1, -0.05) is 119 Å². The molecule has 4 aromatic heterocycles. The summed E-state index contributed by atoms with van der Waals surface area (Å²) < 4.78 is 42.4. The Morgan fingerprint density at radius 1 is 0.556 bits per heavy atom. The fraction of sp³-hybridized carbons (Fsp3) is 0.146. The summed E-state index contributed by atoms with van der Waals surface area (Å²) in [5.41, 5.74) is 5.78. The van der Waals surface area contributed by atoms with E-state index in [-0.39, 0.29) is 77.2 Å². The van der Waals surface area contributed by atoms with E-state index in [1.165, 1.54) is 0 Å². The molecule has 4 aromatic carbocycles. The Morgan fingerprint density at radius 2 is 0.873 bits per heavy atom. The zero-order valence-electron chi connectivity index (χ0n) is 32.3. The third-order valence-electron chi connectivity index (χ3n) is 8.55. The SMILES string of the molecule is C.C.CS(N)(=O)=O.Cc1n[c-]nc(NCNS(C)(=O)=O)n1.[Cu+2].[Y].c1ccc2c(c1)-c1nc-2nc2[n-]c(nc3nc(nc4[n-]c(n1)c1ccccc41)-c1ccccc1-3)c1ccccc21. The van der Waals surface area contributed by atoms with Crippen LogP contribution in [0.5, 0.6) is 0 Å². The number of anilines is 1. The summed E-state index contributed by atoms with van der Waals surface area (Å²) in [7, 11) is -6.36. The summed E-state index contributed by atoms with van der Waals surface area (Å²) in [4.78, 5) is 50.5. The maximum Gasteiger partial charge on any atom is 2.00 e. The molecule has 0 spiro atoms. The van der Waals surface area contributed by atoms with Crippen LogP contribution in [-0.2, 0) is 69.8 Å². The third-order valence-corrected chi connectivity index (χ3v) is 9.21. The topological polar surface area (TPSA) is 263 Å². The first-order valence-corrected chi connectivity index (χ1v) is 21.5. The molecular weight excluding hydrogens is 969 g/mol. The minimum absolute atomic E-state index is 0. The molecule has 0 atom stereocenters. The molecule has 8 aromatic rings. The summed E-state index contributed by atoms with van der Waals surface area (Å²) in [6.45, 7) is 1.73. The molecule has 8 bridgehead atoms. The predicted octanol–water partition coefficient (Wildman–Crippen LogP) is 5.20. The Kier molecular flexibility index (Phi) is 16.5. The number of aryl methyl sites for hydroxylation is 1. The van der Waals surface area contributed by atoms with Crippen molar-refractivity contribution in [2.24, 2.45) is 5.14 Å². The van der Waals surface area contributed by atoms with E-state index < -0.39 is 20.0 Å². The normalized spacial score (nSPS) is 11.0. The fourth-order valence-corrected chi connectivity index (χ4v) is 6.47. The molecule has 0 aliphatic carbocycles. The van der Waals surface area contributed by atoms with Crippen molar-refractivity contribution in [3.63, 3.8) is 0 Å².